The average Bonchev–Trinajstić information content (AvgIpc) is 2.52. The zero-order valence-corrected chi connectivity index (χ0v) is 14.7. The van der Waals surface area contributed by atoms with Crippen molar-refractivity contribution in [3.63, 3.8) is 0 Å². The molecular formula is C19H29N3O2. The fourth-order valence-corrected chi connectivity index (χ4v) is 3.14. The molecule has 0 bridgehead atoms. The smallest absolute Gasteiger partial charge is 0.224 e. The Morgan fingerprint density at radius 2 is 2.08 bits per heavy atom. The summed E-state index contributed by atoms with van der Waals surface area (Å²) in [5.74, 6) is 0.457. The molecule has 1 aliphatic rings. The van der Waals surface area contributed by atoms with Gasteiger partial charge in [-0.15, -0.1) is 0 Å². The van der Waals surface area contributed by atoms with Gasteiger partial charge in [-0.05, 0) is 42.9 Å². The van der Waals surface area contributed by atoms with Crippen molar-refractivity contribution in [2.75, 3.05) is 5.32 Å². The van der Waals surface area contributed by atoms with Crippen molar-refractivity contribution in [1.82, 2.24) is 5.32 Å². The lowest BCUT2D eigenvalue weighted by molar-refractivity contribution is -0.126. The lowest BCUT2D eigenvalue weighted by Gasteiger charge is -2.25. The molecule has 2 atom stereocenters. The summed E-state index contributed by atoms with van der Waals surface area (Å²) in [5, 5.41) is 5.90. The Labute approximate surface area is 144 Å². The molecule has 5 heteroatoms. The number of rotatable bonds is 6. The molecule has 24 heavy (non-hydrogen) atoms. The Balaban J connectivity index is 1.85. The van der Waals surface area contributed by atoms with Gasteiger partial charge < -0.3 is 16.4 Å². The number of benzene rings is 1. The van der Waals surface area contributed by atoms with Crippen LogP contribution in [0.25, 0.3) is 0 Å². The summed E-state index contributed by atoms with van der Waals surface area (Å²) in [6, 6.07) is 7.76. The number of nitrogens with two attached hydrogens (primary N) is 1. The van der Waals surface area contributed by atoms with Crippen molar-refractivity contribution in [1.29, 1.82) is 0 Å². The van der Waals surface area contributed by atoms with Crippen molar-refractivity contribution in [2.24, 2.45) is 17.6 Å². The van der Waals surface area contributed by atoms with Crippen molar-refractivity contribution >= 4 is 17.5 Å². The van der Waals surface area contributed by atoms with Gasteiger partial charge in [0.25, 0.3) is 0 Å². The second-order valence-corrected chi connectivity index (χ2v) is 7.19. The molecule has 132 valence electrons. The van der Waals surface area contributed by atoms with Crippen LogP contribution in [0.4, 0.5) is 5.69 Å². The number of carbonyl (C=O) groups is 2. The Bertz CT molecular complexity index is 571. The fourth-order valence-electron chi connectivity index (χ4n) is 3.14. The largest absolute Gasteiger partial charge is 0.352 e. The zero-order chi connectivity index (χ0) is 17.5. The van der Waals surface area contributed by atoms with Crippen molar-refractivity contribution in [3.05, 3.63) is 29.8 Å². The molecule has 1 aromatic rings. The van der Waals surface area contributed by atoms with Gasteiger partial charge in [0.2, 0.25) is 11.8 Å². The summed E-state index contributed by atoms with van der Waals surface area (Å²) in [5.41, 5.74) is 7.70. The molecule has 2 amide bonds. The topological polar surface area (TPSA) is 84.2 Å². The monoisotopic (exact) mass is 331 g/mol. The van der Waals surface area contributed by atoms with Crippen molar-refractivity contribution < 1.29 is 9.59 Å². The number of amides is 2. The molecule has 5 nitrogen and oxygen atoms in total. The molecule has 0 saturated heterocycles. The maximum absolute atomic E-state index is 12.3. The molecule has 4 N–H and O–H groups in total. The first-order valence-corrected chi connectivity index (χ1v) is 8.86. The van der Waals surface area contributed by atoms with E-state index in [-0.39, 0.29) is 23.8 Å². The Kier molecular flexibility index (Phi) is 6.79. The molecule has 2 rings (SSSR count). The fraction of sp³-hybridized carbons (Fsp3) is 0.579. The number of carbonyl (C=O) groups excluding carboxylic acids is 2. The van der Waals surface area contributed by atoms with E-state index in [0.29, 0.717) is 18.9 Å². The molecule has 0 aromatic heterocycles. The van der Waals surface area contributed by atoms with Crippen LogP contribution in [-0.4, -0.2) is 17.9 Å². The van der Waals surface area contributed by atoms with Crippen LogP contribution in [0.1, 0.15) is 51.5 Å². The standard InChI is InChI=1S/C19H29N3O2/c1-13(2)9-18(23)22-17-8-3-5-14(10-17)12-21-19(24)15-6-4-7-16(20)11-15/h3,5,8,10,13,15-16H,4,6-7,9,11-12,20H2,1-2H3,(H,21,24)(H,22,23). The van der Waals surface area contributed by atoms with Gasteiger partial charge in [0.1, 0.15) is 0 Å². The third kappa shape index (κ3) is 5.96. The van der Waals surface area contributed by atoms with Gasteiger partial charge in [-0.2, -0.15) is 0 Å². The van der Waals surface area contributed by atoms with Gasteiger partial charge in [-0.1, -0.05) is 32.4 Å². The van der Waals surface area contributed by atoms with Gasteiger partial charge >= 0.3 is 0 Å². The molecule has 1 fully saturated rings. The van der Waals surface area contributed by atoms with Crippen molar-refractivity contribution in [2.45, 2.75) is 58.5 Å². The highest BCUT2D eigenvalue weighted by molar-refractivity contribution is 5.90. The minimum Gasteiger partial charge on any atom is -0.352 e. The van der Waals surface area contributed by atoms with Crippen LogP contribution < -0.4 is 16.4 Å². The van der Waals surface area contributed by atoms with E-state index in [0.717, 1.165) is 36.9 Å². The second-order valence-electron chi connectivity index (χ2n) is 7.19. The third-order valence-electron chi connectivity index (χ3n) is 4.36. The number of hydrogen-bond acceptors (Lipinski definition) is 3. The first-order chi connectivity index (χ1) is 11.4. The number of nitrogens with one attached hydrogen (secondary N) is 2. The summed E-state index contributed by atoms with van der Waals surface area (Å²) in [6.07, 6.45) is 4.24. The van der Waals surface area contributed by atoms with E-state index in [2.05, 4.69) is 10.6 Å². The second kappa shape index (κ2) is 8.83. The van der Waals surface area contributed by atoms with Crippen LogP contribution in [0.15, 0.2) is 24.3 Å². The van der Waals surface area contributed by atoms with Gasteiger partial charge in [0, 0.05) is 30.6 Å². The zero-order valence-electron chi connectivity index (χ0n) is 14.7. The average molecular weight is 331 g/mol. The molecule has 0 radical (unpaired) electrons. The summed E-state index contributed by atoms with van der Waals surface area (Å²) >= 11 is 0. The van der Waals surface area contributed by atoms with E-state index in [1.807, 2.05) is 38.1 Å². The lowest BCUT2D eigenvalue weighted by Crippen LogP contribution is -2.37. The minimum atomic E-state index is 0.0161. The normalized spacial score (nSPS) is 20.7. The Morgan fingerprint density at radius 1 is 1.29 bits per heavy atom. The first kappa shape index (κ1) is 18.5. The van der Waals surface area contributed by atoms with Gasteiger partial charge in [-0.25, -0.2) is 0 Å². The van der Waals surface area contributed by atoms with E-state index in [9.17, 15) is 9.59 Å². The van der Waals surface area contributed by atoms with Crippen molar-refractivity contribution in [3.8, 4) is 0 Å². The third-order valence-corrected chi connectivity index (χ3v) is 4.36. The quantitative estimate of drug-likeness (QED) is 0.749. The van der Waals surface area contributed by atoms with Gasteiger partial charge in [-0.3, -0.25) is 9.59 Å². The van der Waals surface area contributed by atoms with Crippen LogP contribution in [0, 0.1) is 11.8 Å². The van der Waals surface area contributed by atoms with E-state index in [4.69, 9.17) is 5.73 Å². The highest BCUT2D eigenvalue weighted by atomic mass is 16.2. The van der Waals surface area contributed by atoms with Crippen LogP contribution >= 0.6 is 0 Å². The first-order valence-electron chi connectivity index (χ1n) is 8.86. The molecule has 1 aliphatic carbocycles. The van der Waals surface area contributed by atoms with Gasteiger partial charge in [0.15, 0.2) is 0 Å². The van der Waals surface area contributed by atoms with E-state index >= 15 is 0 Å². The molecule has 0 spiro atoms. The highest BCUT2D eigenvalue weighted by Crippen LogP contribution is 2.23. The van der Waals surface area contributed by atoms with Crippen LogP contribution in [0.2, 0.25) is 0 Å². The minimum absolute atomic E-state index is 0.0161. The van der Waals surface area contributed by atoms with Crippen LogP contribution in [0.3, 0.4) is 0 Å². The SMILES string of the molecule is CC(C)CC(=O)Nc1cccc(CNC(=O)C2CCCC(N)C2)c1. The summed E-state index contributed by atoms with van der Waals surface area (Å²) < 4.78 is 0. The summed E-state index contributed by atoms with van der Waals surface area (Å²) in [6.45, 7) is 4.50. The lowest BCUT2D eigenvalue weighted by atomic mass is 9.85. The molecule has 2 unspecified atom stereocenters. The van der Waals surface area contributed by atoms with E-state index in [1.165, 1.54) is 0 Å². The predicted molar refractivity (Wildman–Crippen MR) is 96.3 cm³/mol. The Hall–Kier alpha value is -1.88. The molecule has 0 heterocycles. The molecular weight excluding hydrogens is 302 g/mol. The predicted octanol–water partition coefficient (Wildman–Crippen LogP) is 2.80. The number of anilines is 1. The maximum Gasteiger partial charge on any atom is 0.224 e. The Morgan fingerprint density at radius 3 is 2.79 bits per heavy atom. The maximum atomic E-state index is 12.3. The summed E-state index contributed by atoms with van der Waals surface area (Å²) in [7, 11) is 0. The highest BCUT2D eigenvalue weighted by Gasteiger charge is 2.24. The molecule has 1 saturated carbocycles. The van der Waals surface area contributed by atoms with Crippen LogP contribution in [0.5, 0.6) is 0 Å². The molecule has 0 aliphatic heterocycles. The van der Waals surface area contributed by atoms with E-state index in [1.54, 1.807) is 0 Å². The van der Waals surface area contributed by atoms with Crippen LogP contribution in [-0.2, 0) is 16.1 Å². The molecule has 1 aromatic carbocycles. The van der Waals surface area contributed by atoms with Gasteiger partial charge in [0.05, 0.1) is 0 Å². The summed E-state index contributed by atoms with van der Waals surface area (Å²) in [4.78, 5) is 24.1. The number of hydrogen-bond donors (Lipinski definition) is 3. The van der Waals surface area contributed by atoms with E-state index < -0.39 is 0 Å².